The van der Waals surface area contributed by atoms with Crippen molar-refractivity contribution in [3.63, 3.8) is 0 Å². The average Bonchev–Trinajstić information content (AvgIpc) is 3.11. The topological polar surface area (TPSA) is 17.8 Å². The van der Waals surface area contributed by atoms with E-state index < -0.39 is 0 Å². The number of aromatic nitrogens is 2. The Morgan fingerprint density at radius 2 is 1.68 bits per heavy atom. The summed E-state index contributed by atoms with van der Waals surface area (Å²) in [7, 11) is 0. The number of imidazole rings is 1. The monoisotopic (exact) mass is 304 g/mol. The molecule has 0 bridgehead atoms. The highest BCUT2D eigenvalue weighted by Crippen LogP contribution is 2.33. The Bertz CT molecular complexity index is 945. The number of hydrogen-bond acceptors (Lipinski definition) is 2. The van der Waals surface area contributed by atoms with Gasteiger partial charge in [-0.1, -0.05) is 29.8 Å². The molecule has 0 aliphatic rings. The maximum absolute atomic E-state index is 4.89. The molecule has 2 heterocycles. The summed E-state index contributed by atoms with van der Waals surface area (Å²) in [6, 6.07) is 19.1. The van der Waals surface area contributed by atoms with Gasteiger partial charge in [-0.3, -0.25) is 4.57 Å². The minimum atomic E-state index is 1.03. The van der Waals surface area contributed by atoms with Gasteiger partial charge < -0.3 is 0 Å². The van der Waals surface area contributed by atoms with Crippen LogP contribution in [0.5, 0.6) is 0 Å². The molecule has 4 aromatic rings. The normalized spacial score (nSPS) is 11.2. The van der Waals surface area contributed by atoms with E-state index in [4.69, 9.17) is 4.98 Å². The highest BCUT2D eigenvalue weighted by atomic mass is 32.1. The molecule has 0 radical (unpaired) electrons. The molecular formula is C19H16N2S. The average molecular weight is 304 g/mol. The molecule has 0 N–H and O–H groups in total. The van der Waals surface area contributed by atoms with E-state index in [2.05, 4.69) is 72.3 Å². The fraction of sp³-hybridized carbons (Fsp3) is 0.105. The van der Waals surface area contributed by atoms with Crippen LogP contribution in [-0.2, 0) is 0 Å². The Kier molecular flexibility index (Phi) is 3.09. The van der Waals surface area contributed by atoms with Crippen LogP contribution >= 0.6 is 11.3 Å². The Hall–Kier alpha value is -2.39. The largest absolute Gasteiger partial charge is 0.292 e. The van der Waals surface area contributed by atoms with Gasteiger partial charge in [0.05, 0.1) is 15.9 Å². The molecule has 0 aliphatic carbocycles. The summed E-state index contributed by atoms with van der Waals surface area (Å²) < 4.78 is 2.26. The maximum Gasteiger partial charge on any atom is 0.156 e. The molecular weight excluding hydrogens is 288 g/mol. The number of aryl methyl sites for hydroxylation is 2. The number of thiophene rings is 1. The van der Waals surface area contributed by atoms with E-state index in [0.717, 1.165) is 22.5 Å². The number of benzene rings is 2. The van der Waals surface area contributed by atoms with Crippen LogP contribution in [0.2, 0.25) is 0 Å². The zero-order valence-corrected chi connectivity index (χ0v) is 13.4. The van der Waals surface area contributed by atoms with Gasteiger partial charge in [-0.15, -0.1) is 11.3 Å². The minimum Gasteiger partial charge on any atom is -0.292 e. The van der Waals surface area contributed by atoms with Gasteiger partial charge in [0.25, 0.3) is 0 Å². The summed E-state index contributed by atoms with van der Waals surface area (Å²) in [5.41, 5.74) is 5.87. The van der Waals surface area contributed by atoms with Crippen LogP contribution in [0.15, 0.2) is 60.0 Å². The van der Waals surface area contributed by atoms with Crippen LogP contribution in [-0.4, -0.2) is 9.55 Å². The van der Waals surface area contributed by atoms with Crippen molar-refractivity contribution in [3.05, 3.63) is 71.1 Å². The molecule has 2 aromatic heterocycles. The second-order valence-corrected chi connectivity index (χ2v) is 6.44. The summed E-state index contributed by atoms with van der Waals surface area (Å²) in [6.45, 7) is 4.25. The Morgan fingerprint density at radius 3 is 2.41 bits per heavy atom. The van der Waals surface area contributed by atoms with Crippen LogP contribution in [0, 0.1) is 13.8 Å². The summed E-state index contributed by atoms with van der Waals surface area (Å²) in [5, 5.41) is 2.13. The first kappa shape index (κ1) is 13.3. The molecule has 4 rings (SSSR count). The fourth-order valence-electron chi connectivity index (χ4n) is 2.74. The fourth-order valence-corrected chi connectivity index (χ4v) is 3.64. The molecule has 2 aromatic carbocycles. The maximum atomic E-state index is 4.89. The van der Waals surface area contributed by atoms with Gasteiger partial charge in [0, 0.05) is 5.69 Å². The van der Waals surface area contributed by atoms with E-state index in [0.29, 0.717) is 0 Å². The minimum absolute atomic E-state index is 1.03. The predicted molar refractivity (Wildman–Crippen MR) is 93.9 cm³/mol. The van der Waals surface area contributed by atoms with E-state index in [9.17, 15) is 0 Å². The predicted octanol–water partition coefficient (Wildman–Crippen LogP) is 5.37. The standard InChI is InChI=1S/C19H16N2S/c1-13-7-9-15(10-8-13)21-17-6-4-3-5-16(17)20-19(21)18-14(2)11-12-22-18/h3-12H,1-2H3. The molecule has 3 heteroatoms. The van der Waals surface area contributed by atoms with E-state index in [1.807, 2.05) is 6.07 Å². The van der Waals surface area contributed by atoms with Crippen LogP contribution < -0.4 is 0 Å². The molecule has 0 saturated carbocycles. The van der Waals surface area contributed by atoms with Gasteiger partial charge in [-0.2, -0.15) is 0 Å². The Balaban J connectivity index is 2.06. The van der Waals surface area contributed by atoms with E-state index in [1.165, 1.54) is 16.0 Å². The lowest BCUT2D eigenvalue weighted by molar-refractivity contribution is 1.10. The lowest BCUT2D eigenvalue weighted by Crippen LogP contribution is -1.97. The van der Waals surface area contributed by atoms with Crippen molar-refractivity contribution in [2.75, 3.05) is 0 Å². The lowest BCUT2D eigenvalue weighted by atomic mass is 10.2. The molecule has 108 valence electrons. The van der Waals surface area contributed by atoms with Crippen LogP contribution in [0.1, 0.15) is 11.1 Å². The second-order valence-electron chi connectivity index (χ2n) is 5.53. The molecule has 0 aliphatic heterocycles. The molecule has 22 heavy (non-hydrogen) atoms. The van der Waals surface area contributed by atoms with Gasteiger partial charge in [0.15, 0.2) is 5.82 Å². The van der Waals surface area contributed by atoms with Gasteiger partial charge in [-0.25, -0.2) is 4.98 Å². The third-order valence-corrected chi connectivity index (χ3v) is 4.93. The third kappa shape index (κ3) is 2.06. The van der Waals surface area contributed by atoms with Gasteiger partial charge in [0.2, 0.25) is 0 Å². The van der Waals surface area contributed by atoms with Crippen molar-refractivity contribution in [1.82, 2.24) is 9.55 Å². The highest BCUT2D eigenvalue weighted by Gasteiger charge is 2.16. The first-order valence-corrected chi connectivity index (χ1v) is 8.21. The van der Waals surface area contributed by atoms with Crippen molar-refractivity contribution in [1.29, 1.82) is 0 Å². The molecule has 0 spiro atoms. The smallest absolute Gasteiger partial charge is 0.156 e. The molecule has 0 unspecified atom stereocenters. The van der Waals surface area contributed by atoms with Gasteiger partial charge in [0.1, 0.15) is 0 Å². The van der Waals surface area contributed by atoms with Crippen molar-refractivity contribution >= 4 is 22.4 Å². The zero-order chi connectivity index (χ0) is 15.1. The second kappa shape index (κ2) is 5.11. The van der Waals surface area contributed by atoms with E-state index in [1.54, 1.807) is 11.3 Å². The molecule has 0 atom stereocenters. The van der Waals surface area contributed by atoms with E-state index in [-0.39, 0.29) is 0 Å². The van der Waals surface area contributed by atoms with Crippen LogP contribution in [0.3, 0.4) is 0 Å². The first-order chi connectivity index (χ1) is 10.7. The van der Waals surface area contributed by atoms with E-state index >= 15 is 0 Å². The lowest BCUT2D eigenvalue weighted by Gasteiger charge is -2.09. The molecule has 0 fully saturated rings. The van der Waals surface area contributed by atoms with Gasteiger partial charge >= 0.3 is 0 Å². The Labute approximate surface area is 133 Å². The summed E-state index contributed by atoms with van der Waals surface area (Å²) in [5.74, 6) is 1.03. The van der Waals surface area contributed by atoms with Crippen molar-refractivity contribution in [2.24, 2.45) is 0 Å². The van der Waals surface area contributed by atoms with Crippen LogP contribution in [0.25, 0.3) is 27.4 Å². The molecule has 2 nitrogen and oxygen atoms in total. The third-order valence-electron chi connectivity index (χ3n) is 3.92. The number of fused-ring (bicyclic) bond motifs is 1. The number of hydrogen-bond donors (Lipinski definition) is 0. The quantitative estimate of drug-likeness (QED) is 0.487. The highest BCUT2D eigenvalue weighted by molar-refractivity contribution is 7.13. The van der Waals surface area contributed by atoms with Gasteiger partial charge in [-0.05, 0) is 55.1 Å². The summed E-state index contributed by atoms with van der Waals surface area (Å²) >= 11 is 1.75. The number of rotatable bonds is 2. The summed E-state index contributed by atoms with van der Waals surface area (Å²) in [4.78, 5) is 6.12. The van der Waals surface area contributed by atoms with Crippen molar-refractivity contribution < 1.29 is 0 Å². The summed E-state index contributed by atoms with van der Waals surface area (Å²) in [6.07, 6.45) is 0. The number of para-hydroxylation sites is 2. The van der Waals surface area contributed by atoms with Crippen molar-refractivity contribution in [2.45, 2.75) is 13.8 Å². The number of nitrogens with zero attached hydrogens (tertiary/aromatic N) is 2. The first-order valence-electron chi connectivity index (χ1n) is 7.33. The SMILES string of the molecule is Cc1ccc(-n2c(-c3sccc3C)nc3ccccc32)cc1. The zero-order valence-electron chi connectivity index (χ0n) is 12.6. The molecule has 0 amide bonds. The van der Waals surface area contributed by atoms with Crippen LogP contribution in [0.4, 0.5) is 0 Å². The molecule has 0 saturated heterocycles. The van der Waals surface area contributed by atoms with Crippen molar-refractivity contribution in [3.8, 4) is 16.4 Å². The Morgan fingerprint density at radius 1 is 0.909 bits per heavy atom.